The summed E-state index contributed by atoms with van der Waals surface area (Å²) in [5.74, 6) is 1.40. The van der Waals surface area contributed by atoms with Crippen molar-refractivity contribution in [3.63, 3.8) is 0 Å². The predicted octanol–water partition coefficient (Wildman–Crippen LogP) is 1.13. The molecule has 0 radical (unpaired) electrons. The van der Waals surface area contributed by atoms with Crippen LogP contribution in [0, 0.1) is 0 Å². The number of hydrogen-bond donors (Lipinski definition) is 1. The summed E-state index contributed by atoms with van der Waals surface area (Å²) in [6.07, 6.45) is 6.27. The third kappa shape index (κ3) is 1.79. The molecule has 2 N–H and O–H groups in total. The van der Waals surface area contributed by atoms with Crippen LogP contribution >= 0.6 is 0 Å². The smallest absolute Gasteiger partial charge is 0.225 e. The lowest BCUT2D eigenvalue weighted by Gasteiger charge is -2.13. The monoisotopic (exact) mass is 245 g/mol. The number of nitrogen functional groups attached to an aromatic ring is 1. The summed E-state index contributed by atoms with van der Waals surface area (Å²) in [5.41, 5.74) is 8.07. The summed E-state index contributed by atoms with van der Waals surface area (Å²) in [7, 11) is 1.56. The number of fused-ring (bicyclic) bond motifs is 1. The van der Waals surface area contributed by atoms with Crippen molar-refractivity contribution in [3.8, 4) is 11.7 Å². The van der Waals surface area contributed by atoms with E-state index in [1.54, 1.807) is 19.5 Å². The minimum Gasteiger partial charge on any atom is -0.481 e. The van der Waals surface area contributed by atoms with Gasteiger partial charge in [0.1, 0.15) is 12.1 Å². The molecule has 2 aromatic heterocycles. The van der Waals surface area contributed by atoms with Gasteiger partial charge >= 0.3 is 0 Å². The minimum absolute atomic E-state index is 0.211. The Labute approximate surface area is 105 Å². The number of rotatable bonds is 2. The Morgan fingerprint density at radius 1 is 1.28 bits per heavy atom. The summed E-state index contributed by atoms with van der Waals surface area (Å²) in [6, 6.07) is 1.77. The number of nitrogens with two attached hydrogens (primary N) is 1. The molecule has 0 amide bonds. The van der Waals surface area contributed by atoms with Gasteiger partial charge in [0.05, 0.1) is 12.8 Å². The summed E-state index contributed by atoms with van der Waals surface area (Å²) < 4.78 is 7.09. The molecule has 0 aromatic carbocycles. The lowest BCUT2D eigenvalue weighted by Crippen LogP contribution is -2.09. The minimum atomic E-state index is 0.211. The van der Waals surface area contributed by atoms with E-state index in [0.717, 1.165) is 24.4 Å². The topological polar surface area (TPSA) is 78.8 Å². The Bertz CT molecular complexity index is 578. The number of aryl methyl sites for hydroxylation is 1. The van der Waals surface area contributed by atoms with E-state index in [2.05, 4.69) is 15.0 Å². The molecular formula is C12H15N5O. The van der Waals surface area contributed by atoms with Crippen LogP contribution in [0.1, 0.15) is 24.2 Å². The zero-order valence-electron chi connectivity index (χ0n) is 10.3. The zero-order valence-corrected chi connectivity index (χ0v) is 10.3. The first-order valence-electron chi connectivity index (χ1n) is 6.02. The second-order valence-corrected chi connectivity index (χ2v) is 4.34. The van der Waals surface area contributed by atoms with Crippen molar-refractivity contribution in [3.05, 3.63) is 23.8 Å². The molecule has 0 spiro atoms. The van der Waals surface area contributed by atoms with Crippen molar-refractivity contribution in [2.45, 2.75) is 25.7 Å². The second kappa shape index (κ2) is 4.29. The van der Waals surface area contributed by atoms with Gasteiger partial charge < -0.3 is 10.5 Å². The van der Waals surface area contributed by atoms with Crippen molar-refractivity contribution in [2.75, 3.05) is 12.8 Å². The first-order chi connectivity index (χ1) is 8.78. The predicted molar refractivity (Wildman–Crippen MR) is 66.8 cm³/mol. The molecule has 18 heavy (non-hydrogen) atoms. The molecule has 2 aromatic rings. The maximum Gasteiger partial charge on any atom is 0.225 e. The lowest BCUT2D eigenvalue weighted by molar-refractivity contribution is 0.397. The Morgan fingerprint density at radius 2 is 2.11 bits per heavy atom. The molecule has 6 nitrogen and oxygen atoms in total. The van der Waals surface area contributed by atoms with E-state index < -0.39 is 0 Å². The third-order valence-electron chi connectivity index (χ3n) is 3.19. The number of nitrogens with zero attached hydrogens (tertiary/aromatic N) is 4. The van der Waals surface area contributed by atoms with Crippen LogP contribution < -0.4 is 10.5 Å². The Kier molecular flexibility index (Phi) is 2.62. The van der Waals surface area contributed by atoms with Gasteiger partial charge in [0.2, 0.25) is 11.8 Å². The van der Waals surface area contributed by atoms with Crippen molar-refractivity contribution >= 4 is 5.95 Å². The lowest BCUT2D eigenvalue weighted by atomic mass is 10.0. The zero-order chi connectivity index (χ0) is 12.5. The molecule has 94 valence electrons. The number of ether oxygens (including phenoxy) is 1. The summed E-state index contributed by atoms with van der Waals surface area (Å²) in [5, 5.41) is 0. The van der Waals surface area contributed by atoms with Gasteiger partial charge in [0.15, 0.2) is 0 Å². The highest BCUT2D eigenvalue weighted by molar-refractivity contribution is 5.37. The summed E-state index contributed by atoms with van der Waals surface area (Å²) in [6.45, 7) is 0. The highest BCUT2D eigenvalue weighted by Crippen LogP contribution is 2.23. The van der Waals surface area contributed by atoms with Crippen LogP contribution in [0.4, 0.5) is 5.95 Å². The largest absolute Gasteiger partial charge is 0.481 e. The van der Waals surface area contributed by atoms with Gasteiger partial charge in [-0.1, -0.05) is 0 Å². The van der Waals surface area contributed by atoms with Gasteiger partial charge in [-0.2, -0.15) is 9.97 Å². The van der Waals surface area contributed by atoms with E-state index in [1.165, 1.54) is 18.5 Å². The highest BCUT2D eigenvalue weighted by atomic mass is 16.5. The third-order valence-corrected chi connectivity index (χ3v) is 3.19. The second-order valence-electron chi connectivity index (χ2n) is 4.34. The molecule has 1 aliphatic rings. The fraction of sp³-hybridized carbons (Fsp3) is 0.417. The van der Waals surface area contributed by atoms with E-state index in [4.69, 9.17) is 10.5 Å². The number of hydrogen-bond acceptors (Lipinski definition) is 5. The van der Waals surface area contributed by atoms with E-state index >= 15 is 0 Å². The van der Waals surface area contributed by atoms with E-state index in [1.807, 2.05) is 4.57 Å². The average molecular weight is 245 g/mol. The van der Waals surface area contributed by atoms with Crippen LogP contribution in [0.25, 0.3) is 5.82 Å². The molecule has 0 aliphatic heterocycles. The molecule has 0 atom stereocenters. The molecule has 6 heteroatoms. The molecule has 3 rings (SSSR count). The maximum atomic E-state index is 5.68. The van der Waals surface area contributed by atoms with Gasteiger partial charge in [-0.3, -0.25) is 4.57 Å². The van der Waals surface area contributed by atoms with Crippen LogP contribution in [0.3, 0.4) is 0 Å². The van der Waals surface area contributed by atoms with Crippen molar-refractivity contribution in [1.29, 1.82) is 0 Å². The quantitative estimate of drug-likeness (QED) is 0.858. The van der Waals surface area contributed by atoms with Crippen LogP contribution in [-0.2, 0) is 12.8 Å². The Hall–Kier alpha value is -2.11. The Morgan fingerprint density at radius 3 is 2.94 bits per heavy atom. The molecular weight excluding hydrogens is 230 g/mol. The first-order valence-corrected chi connectivity index (χ1v) is 6.02. The van der Waals surface area contributed by atoms with E-state index in [-0.39, 0.29) is 5.95 Å². The van der Waals surface area contributed by atoms with Crippen molar-refractivity contribution in [2.24, 2.45) is 0 Å². The molecule has 1 aliphatic carbocycles. The Balaban J connectivity index is 2.09. The van der Waals surface area contributed by atoms with Gasteiger partial charge in [-0.15, -0.1) is 0 Å². The summed E-state index contributed by atoms with van der Waals surface area (Å²) >= 11 is 0. The van der Waals surface area contributed by atoms with Gasteiger partial charge in [-0.25, -0.2) is 4.98 Å². The molecule has 0 saturated heterocycles. The van der Waals surface area contributed by atoms with Crippen LogP contribution in [0.15, 0.2) is 12.4 Å². The molecule has 2 heterocycles. The van der Waals surface area contributed by atoms with Crippen LogP contribution in [0.2, 0.25) is 0 Å². The van der Waals surface area contributed by atoms with E-state index in [0.29, 0.717) is 5.88 Å². The van der Waals surface area contributed by atoms with Gasteiger partial charge in [0, 0.05) is 11.8 Å². The number of methoxy groups -OCH3 is 1. The molecule has 0 fully saturated rings. The normalized spacial score (nSPS) is 14.3. The average Bonchev–Trinajstić information content (AvgIpc) is 2.81. The fourth-order valence-corrected chi connectivity index (χ4v) is 2.32. The highest BCUT2D eigenvalue weighted by Gasteiger charge is 2.17. The first kappa shape index (κ1) is 11.0. The van der Waals surface area contributed by atoms with Crippen LogP contribution in [-0.4, -0.2) is 26.6 Å². The SMILES string of the molecule is COc1cc(-n2cnc3c2CCCC3)nc(N)n1. The van der Waals surface area contributed by atoms with Crippen molar-refractivity contribution in [1.82, 2.24) is 19.5 Å². The molecule has 0 unspecified atom stereocenters. The fourth-order valence-electron chi connectivity index (χ4n) is 2.32. The van der Waals surface area contributed by atoms with E-state index in [9.17, 15) is 0 Å². The van der Waals surface area contributed by atoms with Gasteiger partial charge in [0.25, 0.3) is 0 Å². The van der Waals surface area contributed by atoms with Crippen LogP contribution in [0.5, 0.6) is 5.88 Å². The van der Waals surface area contributed by atoms with Gasteiger partial charge in [-0.05, 0) is 25.7 Å². The summed E-state index contributed by atoms with van der Waals surface area (Å²) in [4.78, 5) is 12.7. The number of aromatic nitrogens is 4. The molecule has 0 bridgehead atoms. The van der Waals surface area contributed by atoms with Crippen molar-refractivity contribution < 1.29 is 4.74 Å². The number of imidazole rings is 1. The number of anilines is 1. The maximum absolute atomic E-state index is 5.68. The molecule has 0 saturated carbocycles. The standard InChI is InChI=1S/C12H15N5O/c1-18-11-6-10(15-12(13)16-11)17-7-14-8-4-2-3-5-9(8)17/h6-7H,2-5H2,1H3,(H2,13,15,16).